The number of aromatic nitrogens is 1. The molecule has 39 heavy (non-hydrogen) atoms. The van der Waals surface area contributed by atoms with Gasteiger partial charge >= 0.3 is 0 Å². The summed E-state index contributed by atoms with van der Waals surface area (Å²) in [7, 11) is 1.59. The lowest BCUT2D eigenvalue weighted by molar-refractivity contribution is -0.143. The van der Waals surface area contributed by atoms with Crippen molar-refractivity contribution in [3.8, 4) is 5.75 Å². The molecule has 0 radical (unpaired) electrons. The Bertz CT molecular complexity index is 1330. The van der Waals surface area contributed by atoms with Gasteiger partial charge in [0.15, 0.2) is 0 Å². The highest BCUT2D eigenvalue weighted by Crippen LogP contribution is 2.33. The van der Waals surface area contributed by atoms with Crippen LogP contribution in [0.5, 0.6) is 5.75 Å². The number of benzene rings is 1. The zero-order valence-electron chi connectivity index (χ0n) is 23.0. The van der Waals surface area contributed by atoms with E-state index in [4.69, 9.17) is 4.74 Å². The molecule has 206 valence electrons. The van der Waals surface area contributed by atoms with Gasteiger partial charge in [0, 0.05) is 36.0 Å². The number of rotatable bonds is 8. The maximum Gasteiger partial charge on any atom is 0.255 e. The van der Waals surface area contributed by atoms with E-state index in [1.54, 1.807) is 40.4 Å². The van der Waals surface area contributed by atoms with Crippen molar-refractivity contribution < 1.29 is 19.1 Å². The van der Waals surface area contributed by atoms with Crippen LogP contribution in [0, 0.1) is 12.8 Å². The van der Waals surface area contributed by atoms with E-state index in [1.807, 2.05) is 32.3 Å². The molecule has 2 aliphatic heterocycles. The predicted octanol–water partition coefficient (Wildman–Crippen LogP) is 4.22. The van der Waals surface area contributed by atoms with Crippen molar-refractivity contribution in [2.75, 3.05) is 20.2 Å². The van der Waals surface area contributed by atoms with E-state index in [0.29, 0.717) is 43.3 Å². The van der Waals surface area contributed by atoms with Gasteiger partial charge in [-0.25, -0.2) is 4.98 Å². The number of likely N-dealkylation sites (tertiary alicyclic amines) is 1. The highest BCUT2D eigenvalue weighted by molar-refractivity contribution is 7.09. The molecule has 0 spiro atoms. The molecule has 1 aliphatic carbocycles. The van der Waals surface area contributed by atoms with Crippen molar-refractivity contribution in [1.29, 1.82) is 0 Å². The fourth-order valence-corrected chi connectivity index (χ4v) is 6.78. The van der Waals surface area contributed by atoms with Crippen molar-refractivity contribution >= 4 is 29.1 Å². The zero-order chi connectivity index (χ0) is 27.7. The molecule has 5 rings (SSSR count). The highest BCUT2D eigenvalue weighted by atomic mass is 32.1. The van der Waals surface area contributed by atoms with Crippen LogP contribution in [0.3, 0.4) is 0 Å². The summed E-state index contributed by atoms with van der Waals surface area (Å²) in [6, 6.07) is 4.22. The van der Waals surface area contributed by atoms with Gasteiger partial charge in [-0.2, -0.15) is 0 Å². The van der Waals surface area contributed by atoms with Gasteiger partial charge in [0.05, 0.1) is 18.3 Å². The lowest BCUT2D eigenvalue weighted by Gasteiger charge is -2.35. The zero-order valence-corrected chi connectivity index (χ0v) is 23.8. The smallest absolute Gasteiger partial charge is 0.255 e. The molecular weight excluding hydrogens is 512 g/mol. The van der Waals surface area contributed by atoms with E-state index < -0.39 is 12.1 Å². The lowest BCUT2D eigenvalue weighted by Crippen LogP contribution is -2.55. The molecule has 9 heteroatoms. The molecule has 1 saturated heterocycles. The summed E-state index contributed by atoms with van der Waals surface area (Å²) < 4.78 is 5.32. The number of methoxy groups -OCH3 is 1. The van der Waals surface area contributed by atoms with Crippen molar-refractivity contribution in [2.24, 2.45) is 5.92 Å². The van der Waals surface area contributed by atoms with Crippen molar-refractivity contribution in [1.82, 2.24) is 20.1 Å². The fourth-order valence-electron chi connectivity index (χ4n) is 5.89. The standard InChI is InChI=1S/C30H36N4O4S/c1-18(2)26(34-16-22-14-23(38-4)11-12-24(22)29(34)36)30(37)33-13-5-6-25(33)28(35)31-15-20-7-9-21(10-8-20)27-19(3)32-17-39-27/h7-9,11-12,14,17-18,21,25-26H,5-6,10,13,15-16H2,1-4H3,(H,31,35)/t21?,25-,26?/m0/s1. The Morgan fingerprint density at radius 1 is 1.28 bits per heavy atom. The van der Waals surface area contributed by atoms with Crippen LogP contribution in [0.15, 0.2) is 47.5 Å². The molecule has 0 saturated carbocycles. The number of carbonyl (C=O) groups is 3. The Morgan fingerprint density at radius 2 is 2.10 bits per heavy atom. The third kappa shape index (κ3) is 5.37. The van der Waals surface area contributed by atoms with Gasteiger partial charge in [-0.1, -0.05) is 32.1 Å². The van der Waals surface area contributed by atoms with Gasteiger partial charge in [0.25, 0.3) is 5.91 Å². The second-order valence-corrected chi connectivity index (χ2v) is 11.7. The number of thiazole rings is 1. The monoisotopic (exact) mass is 548 g/mol. The first-order valence-electron chi connectivity index (χ1n) is 13.6. The molecule has 2 unspecified atom stereocenters. The third-order valence-electron chi connectivity index (χ3n) is 7.97. The van der Waals surface area contributed by atoms with Crippen LogP contribution >= 0.6 is 11.3 Å². The first-order chi connectivity index (χ1) is 18.8. The first kappa shape index (κ1) is 27.1. The van der Waals surface area contributed by atoms with Gasteiger partial charge < -0.3 is 19.9 Å². The molecular formula is C30H36N4O4S. The average molecular weight is 549 g/mol. The maximum absolute atomic E-state index is 13.9. The number of fused-ring (bicyclic) bond motifs is 1. The van der Waals surface area contributed by atoms with Crippen LogP contribution in [-0.2, 0) is 16.1 Å². The van der Waals surface area contributed by atoms with Crippen LogP contribution in [0.4, 0.5) is 0 Å². The van der Waals surface area contributed by atoms with E-state index in [9.17, 15) is 14.4 Å². The summed E-state index contributed by atoms with van der Waals surface area (Å²) in [4.78, 5) is 49.4. The summed E-state index contributed by atoms with van der Waals surface area (Å²) in [5.74, 6) is 0.462. The van der Waals surface area contributed by atoms with Crippen LogP contribution in [0.25, 0.3) is 0 Å². The first-order valence-corrected chi connectivity index (χ1v) is 14.5. The molecule has 3 heterocycles. The van der Waals surface area contributed by atoms with Gasteiger partial charge in [-0.15, -0.1) is 11.3 Å². The Labute approximate surface area is 233 Å². The van der Waals surface area contributed by atoms with Gasteiger partial charge in [-0.3, -0.25) is 14.4 Å². The average Bonchev–Trinajstić information content (AvgIpc) is 3.67. The number of aryl methyl sites for hydroxylation is 1. The van der Waals surface area contributed by atoms with E-state index in [2.05, 4.69) is 28.5 Å². The summed E-state index contributed by atoms with van der Waals surface area (Å²) in [6.45, 7) is 7.24. The van der Waals surface area contributed by atoms with E-state index in [-0.39, 0.29) is 23.6 Å². The molecule has 1 N–H and O–H groups in total. The van der Waals surface area contributed by atoms with Crippen molar-refractivity contribution in [3.63, 3.8) is 0 Å². The minimum atomic E-state index is -0.639. The van der Waals surface area contributed by atoms with Gasteiger partial charge in [0.2, 0.25) is 11.8 Å². The number of nitrogens with one attached hydrogen (secondary N) is 1. The molecule has 2 aromatic rings. The van der Waals surface area contributed by atoms with Crippen molar-refractivity contribution in [3.05, 3.63) is 69.2 Å². The van der Waals surface area contributed by atoms with E-state index in [1.165, 1.54) is 4.88 Å². The Kier molecular flexibility index (Phi) is 7.88. The molecule has 8 nitrogen and oxygen atoms in total. The Morgan fingerprint density at radius 3 is 2.77 bits per heavy atom. The topological polar surface area (TPSA) is 91.8 Å². The molecule has 0 bridgehead atoms. The van der Waals surface area contributed by atoms with Crippen LogP contribution in [-0.4, -0.2) is 64.8 Å². The lowest BCUT2D eigenvalue weighted by atomic mass is 9.94. The van der Waals surface area contributed by atoms with Crippen LogP contribution in [0.2, 0.25) is 0 Å². The molecule has 3 aliphatic rings. The predicted molar refractivity (Wildman–Crippen MR) is 151 cm³/mol. The van der Waals surface area contributed by atoms with Crippen LogP contribution < -0.4 is 10.1 Å². The summed E-state index contributed by atoms with van der Waals surface area (Å²) >= 11 is 1.68. The number of hydrogen-bond donors (Lipinski definition) is 1. The Hall–Kier alpha value is -3.46. The van der Waals surface area contributed by atoms with Gasteiger partial charge in [0.1, 0.15) is 17.8 Å². The molecule has 3 atom stereocenters. The summed E-state index contributed by atoms with van der Waals surface area (Å²) in [6.07, 6.45) is 8.69. The van der Waals surface area contributed by atoms with Gasteiger partial charge in [-0.05, 0) is 61.4 Å². The number of amides is 3. The highest BCUT2D eigenvalue weighted by Gasteiger charge is 2.43. The van der Waals surface area contributed by atoms with Crippen molar-refractivity contribution in [2.45, 2.75) is 64.6 Å². The second kappa shape index (κ2) is 11.3. The number of hydrogen-bond acceptors (Lipinski definition) is 6. The minimum Gasteiger partial charge on any atom is -0.497 e. The molecule has 1 fully saturated rings. The number of carbonyl (C=O) groups excluding carboxylic acids is 3. The number of allylic oxidation sites excluding steroid dienone is 2. The molecule has 3 amide bonds. The van der Waals surface area contributed by atoms with E-state index >= 15 is 0 Å². The molecule has 1 aromatic carbocycles. The number of nitrogens with zero attached hydrogens (tertiary/aromatic N) is 3. The number of ether oxygens (including phenoxy) is 1. The fraction of sp³-hybridized carbons (Fsp3) is 0.467. The third-order valence-corrected chi connectivity index (χ3v) is 9.03. The van der Waals surface area contributed by atoms with Crippen LogP contribution in [0.1, 0.15) is 65.5 Å². The Balaban J connectivity index is 1.22. The van der Waals surface area contributed by atoms with E-state index in [0.717, 1.165) is 29.7 Å². The largest absolute Gasteiger partial charge is 0.497 e. The minimum absolute atomic E-state index is 0.102. The summed E-state index contributed by atoms with van der Waals surface area (Å²) in [5.41, 5.74) is 5.48. The summed E-state index contributed by atoms with van der Waals surface area (Å²) in [5, 5.41) is 3.06. The molecule has 1 aromatic heterocycles. The SMILES string of the molecule is COc1ccc2c(c1)CN(C(C(=O)N1CCC[C@H]1C(=O)NCC1=CCC(c3scnc3C)C=C1)C(C)C)C2=O. The second-order valence-electron chi connectivity index (χ2n) is 10.8. The quantitative estimate of drug-likeness (QED) is 0.534. The maximum atomic E-state index is 13.9. The normalized spacial score (nSPS) is 21.3.